The highest BCUT2D eigenvalue weighted by molar-refractivity contribution is 5.67. The summed E-state index contributed by atoms with van der Waals surface area (Å²) in [5, 5.41) is 5.42. The molecule has 4 nitrogen and oxygen atoms in total. The molecule has 0 unspecified atom stereocenters. The van der Waals surface area contributed by atoms with E-state index in [1.165, 1.54) is 6.07 Å². The van der Waals surface area contributed by atoms with Crippen molar-refractivity contribution >= 4 is 6.09 Å². The van der Waals surface area contributed by atoms with Crippen LogP contribution in [0.15, 0.2) is 18.2 Å². The molecule has 7 heteroatoms. The van der Waals surface area contributed by atoms with Crippen molar-refractivity contribution < 1.29 is 22.7 Å². The molecule has 0 atom stereocenters. The highest BCUT2D eigenvalue weighted by Crippen LogP contribution is 2.32. The summed E-state index contributed by atoms with van der Waals surface area (Å²) in [6, 6.07) is 4.24. The third-order valence-electron chi connectivity index (χ3n) is 2.86. The number of carbonyl (C=O) groups is 1. The molecule has 0 saturated carbocycles. The Labute approximate surface area is 134 Å². The van der Waals surface area contributed by atoms with Crippen LogP contribution in [0.4, 0.5) is 18.0 Å². The van der Waals surface area contributed by atoms with Crippen LogP contribution in [0.25, 0.3) is 0 Å². The Morgan fingerprint density at radius 2 is 1.83 bits per heavy atom. The molecule has 23 heavy (non-hydrogen) atoms. The van der Waals surface area contributed by atoms with Gasteiger partial charge in [0, 0.05) is 19.6 Å². The second kappa shape index (κ2) is 7.68. The lowest BCUT2D eigenvalue weighted by molar-refractivity contribution is -0.138. The van der Waals surface area contributed by atoms with Crippen molar-refractivity contribution in [2.75, 3.05) is 13.1 Å². The Kier molecular flexibility index (Phi) is 6.44. The molecular weight excluding hydrogens is 309 g/mol. The van der Waals surface area contributed by atoms with Gasteiger partial charge in [-0.3, -0.25) is 0 Å². The van der Waals surface area contributed by atoms with Crippen molar-refractivity contribution in [1.82, 2.24) is 10.6 Å². The van der Waals surface area contributed by atoms with E-state index in [1.807, 2.05) is 0 Å². The number of rotatable bonds is 5. The van der Waals surface area contributed by atoms with E-state index >= 15 is 0 Å². The van der Waals surface area contributed by atoms with Crippen molar-refractivity contribution in [3.8, 4) is 0 Å². The van der Waals surface area contributed by atoms with Crippen LogP contribution in [-0.2, 0) is 17.5 Å². The lowest BCUT2D eigenvalue weighted by Gasteiger charge is -2.19. The summed E-state index contributed by atoms with van der Waals surface area (Å²) < 4.78 is 44.0. The van der Waals surface area contributed by atoms with Gasteiger partial charge in [-0.05, 0) is 39.3 Å². The molecule has 0 aliphatic rings. The summed E-state index contributed by atoms with van der Waals surface area (Å²) >= 11 is 0. The monoisotopic (exact) mass is 332 g/mol. The molecule has 0 aliphatic carbocycles. The van der Waals surface area contributed by atoms with Crippen molar-refractivity contribution in [2.45, 2.75) is 46.0 Å². The van der Waals surface area contributed by atoms with E-state index in [0.717, 1.165) is 6.07 Å². The van der Waals surface area contributed by atoms with Crippen LogP contribution in [0.2, 0.25) is 0 Å². The lowest BCUT2D eigenvalue weighted by Crippen LogP contribution is -2.36. The third kappa shape index (κ3) is 7.36. The summed E-state index contributed by atoms with van der Waals surface area (Å²) in [5.74, 6) is 0. The zero-order valence-corrected chi connectivity index (χ0v) is 13.8. The van der Waals surface area contributed by atoms with Crippen LogP contribution in [0.5, 0.6) is 0 Å². The molecule has 130 valence electrons. The Balaban J connectivity index is 2.44. The maximum atomic E-state index is 13.0. The van der Waals surface area contributed by atoms with Crippen molar-refractivity contribution in [2.24, 2.45) is 0 Å². The van der Waals surface area contributed by atoms with E-state index in [0.29, 0.717) is 12.1 Å². The molecule has 1 rings (SSSR count). The number of halogens is 3. The number of hydrogen-bond acceptors (Lipinski definition) is 3. The Bertz CT molecular complexity index is 537. The van der Waals surface area contributed by atoms with Crippen LogP contribution < -0.4 is 10.6 Å². The maximum absolute atomic E-state index is 13.0. The smallest absolute Gasteiger partial charge is 0.416 e. The summed E-state index contributed by atoms with van der Waals surface area (Å²) in [4.78, 5) is 11.4. The van der Waals surface area contributed by atoms with Gasteiger partial charge in [-0.1, -0.05) is 17.7 Å². The molecule has 0 radical (unpaired) electrons. The van der Waals surface area contributed by atoms with E-state index in [4.69, 9.17) is 4.74 Å². The minimum atomic E-state index is -4.38. The summed E-state index contributed by atoms with van der Waals surface area (Å²) in [5.41, 5.74) is -0.473. The van der Waals surface area contributed by atoms with Gasteiger partial charge in [-0.2, -0.15) is 13.2 Å². The van der Waals surface area contributed by atoms with Crippen molar-refractivity contribution in [1.29, 1.82) is 0 Å². The fraction of sp³-hybridized carbons (Fsp3) is 0.562. The number of aryl methyl sites for hydroxylation is 1. The minimum absolute atomic E-state index is 0.0745. The number of amides is 1. The third-order valence-corrected chi connectivity index (χ3v) is 2.86. The summed E-state index contributed by atoms with van der Waals surface area (Å²) in [6.45, 7) is 7.55. The number of alkyl halides is 3. The molecule has 0 saturated heterocycles. The van der Waals surface area contributed by atoms with Gasteiger partial charge in [0.2, 0.25) is 0 Å². The predicted molar refractivity (Wildman–Crippen MR) is 82.1 cm³/mol. The highest BCUT2D eigenvalue weighted by atomic mass is 19.4. The first-order chi connectivity index (χ1) is 10.5. The molecule has 0 aliphatic heterocycles. The summed E-state index contributed by atoms with van der Waals surface area (Å²) in [6.07, 6.45) is -4.93. The predicted octanol–water partition coefficient (Wildman–Crippen LogP) is 3.63. The van der Waals surface area contributed by atoms with E-state index in [-0.39, 0.29) is 18.7 Å². The Morgan fingerprint density at radius 3 is 2.39 bits per heavy atom. The average molecular weight is 332 g/mol. The molecule has 0 spiro atoms. The second-order valence-corrected chi connectivity index (χ2v) is 6.26. The topological polar surface area (TPSA) is 50.4 Å². The molecule has 0 heterocycles. The SMILES string of the molecule is Cc1ccc(CNCCNC(=O)OC(C)(C)C)c(C(F)(F)F)c1. The number of nitrogens with one attached hydrogen (secondary N) is 2. The van der Waals surface area contributed by atoms with E-state index in [9.17, 15) is 18.0 Å². The maximum Gasteiger partial charge on any atom is 0.416 e. The number of alkyl carbamates (subject to hydrolysis) is 1. The Morgan fingerprint density at radius 1 is 1.17 bits per heavy atom. The van der Waals surface area contributed by atoms with Gasteiger partial charge in [0.05, 0.1) is 5.56 Å². The highest BCUT2D eigenvalue weighted by Gasteiger charge is 2.33. The molecule has 1 aromatic carbocycles. The summed E-state index contributed by atoms with van der Waals surface area (Å²) in [7, 11) is 0. The van der Waals surface area contributed by atoms with Gasteiger partial charge in [0.25, 0.3) is 0 Å². The van der Waals surface area contributed by atoms with Crippen LogP contribution in [-0.4, -0.2) is 24.8 Å². The van der Waals surface area contributed by atoms with Crippen LogP contribution in [0, 0.1) is 6.92 Å². The molecule has 0 fully saturated rings. The first-order valence-corrected chi connectivity index (χ1v) is 7.33. The van der Waals surface area contributed by atoms with Crippen molar-refractivity contribution in [3.63, 3.8) is 0 Å². The molecule has 1 amide bonds. The molecule has 2 N–H and O–H groups in total. The van der Waals surface area contributed by atoms with Gasteiger partial charge < -0.3 is 15.4 Å². The molecule has 0 bridgehead atoms. The fourth-order valence-electron chi connectivity index (χ4n) is 1.90. The van der Waals surface area contributed by atoms with Gasteiger partial charge >= 0.3 is 12.3 Å². The first kappa shape index (κ1) is 19.3. The minimum Gasteiger partial charge on any atom is -0.444 e. The second-order valence-electron chi connectivity index (χ2n) is 6.26. The zero-order chi connectivity index (χ0) is 17.7. The lowest BCUT2D eigenvalue weighted by atomic mass is 10.0. The van der Waals surface area contributed by atoms with Gasteiger partial charge in [0.1, 0.15) is 5.60 Å². The molecule has 0 aromatic heterocycles. The first-order valence-electron chi connectivity index (χ1n) is 7.33. The number of hydrogen-bond donors (Lipinski definition) is 2. The van der Waals surface area contributed by atoms with Gasteiger partial charge in [-0.15, -0.1) is 0 Å². The standard InChI is InChI=1S/C16H23F3N2O2/c1-11-5-6-12(13(9-11)16(17,18)19)10-20-7-8-21-14(22)23-15(2,3)4/h5-6,9,20H,7-8,10H2,1-4H3,(H,21,22). The van der Waals surface area contributed by atoms with Gasteiger partial charge in [-0.25, -0.2) is 4.79 Å². The average Bonchev–Trinajstić information content (AvgIpc) is 2.36. The normalized spacial score (nSPS) is 12.1. The largest absolute Gasteiger partial charge is 0.444 e. The Hall–Kier alpha value is -1.76. The number of ether oxygens (including phenoxy) is 1. The van der Waals surface area contributed by atoms with E-state index < -0.39 is 23.4 Å². The zero-order valence-electron chi connectivity index (χ0n) is 13.8. The van der Waals surface area contributed by atoms with Crippen LogP contribution >= 0.6 is 0 Å². The number of benzene rings is 1. The number of carbonyl (C=O) groups excluding carboxylic acids is 1. The van der Waals surface area contributed by atoms with E-state index in [1.54, 1.807) is 33.8 Å². The van der Waals surface area contributed by atoms with Gasteiger partial charge in [0.15, 0.2) is 0 Å². The van der Waals surface area contributed by atoms with Crippen LogP contribution in [0.1, 0.15) is 37.5 Å². The van der Waals surface area contributed by atoms with Crippen LogP contribution in [0.3, 0.4) is 0 Å². The van der Waals surface area contributed by atoms with E-state index in [2.05, 4.69) is 10.6 Å². The van der Waals surface area contributed by atoms with Crippen molar-refractivity contribution in [3.05, 3.63) is 34.9 Å². The molecular formula is C16H23F3N2O2. The fourth-order valence-corrected chi connectivity index (χ4v) is 1.90. The quantitative estimate of drug-likeness (QED) is 0.810. The molecule has 1 aromatic rings.